The monoisotopic (exact) mass is 217 g/mol. The Bertz CT molecular complexity index is 341. The van der Waals surface area contributed by atoms with Crippen LogP contribution in [0.5, 0.6) is 0 Å². The second-order valence-corrected chi connectivity index (χ2v) is 4.94. The van der Waals surface area contributed by atoms with Crippen LogP contribution >= 0.6 is 0 Å². The van der Waals surface area contributed by atoms with Crippen molar-refractivity contribution in [3.05, 3.63) is 35.4 Å². The van der Waals surface area contributed by atoms with E-state index in [9.17, 15) is 0 Å². The molecule has 0 heterocycles. The van der Waals surface area contributed by atoms with Crippen LogP contribution in [0.2, 0.25) is 0 Å². The van der Waals surface area contributed by atoms with Gasteiger partial charge in [0, 0.05) is 6.54 Å². The molecule has 0 aliphatic heterocycles. The molecule has 0 spiro atoms. The molecular weight excluding hydrogens is 194 g/mol. The molecule has 0 bridgehead atoms. The zero-order valence-electron chi connectivity index (χ0n) is 10.7. The molecule has 0 saturated carbocycles. The van der Waals surface area contributed by atoms with E-state index < -0.39 is 0 Å². The van der Waals surface area contributed by atoms with Gasteiger partial charge in [-0.15, -0.1) is 0 Å². The average molecular weight is 217 g/mol. The molecule has 0 fully saturated rings. The van der Waals surface area contributed by atoms with Crippen LogP contribution in [0.15, 0.2) is 24.3 Å². The third kappa shape index (κ3) is 2.15. The number of hydrogen-bond acceptors (Lipinski definition) is 1. The fraction of sp³-hybridized carbons (Fsp3) is 0.600. The first-order valence-electron chi connectivity index (χ1n) is 6.56. The summed E-state index contributed by atoms with van der Waals surface area (Å²) in [5.74, 6) is 1.55. The molecule has 0 radical (unpaired) electrons. The lowest BCUT2D eigenvalue weighted by atomic mass is 9.94. The molecule has 0 aromatic heterocycles. The van der Waals surface area contributed by atoms with Gasteiger partial charge in [-0.2, -0.15) is 0 Å². The van der Waals surface area contributed by atoms with Gasteiger partial charge in [0.2, 0.25) is 0 Å². The molecule has 1 aromatic rings. The van der Waals surface area contributed by atoms with Crippen LogP contribution in [0.3, 0.4) is 0 Å². The van der Waals surface area contributed by atoms with Crippen LogP contribution < -0.4 is 0 Å². The molecule has 1 aliphatic rings. The Morgan fingerprint density at radius 3 is 2.50 bits per heavy atom. The molecule has 0 N–H and O–H groups in total. The SMILES string of the molecule is CCN(CC)CC1Cc2ccccc2C1C. The van der Waals surface area contributed by atoms with Crippen LogP contribution in [0.4, 0.5) is 0 Å². The predicted octanol–water partition coefficient (Wildman–Crippen LogP) is 3.30. The highest BCUT2D eigenvalue weighted by Crippen LogP contribution is 2.37. The van der Waals surface area contributed by atoms with Crippen molar-refractivity contribution >= 4 is 0 Å². The van der Waals surface area contributed by atoms with Gasteiger partial charge in [-0.25, -0.2) is 0 Å². The Kier molecular flexibility index (Phi) is 3.65. The van der Waals surface area contributed by atoms with Crippen molar-refractivity contribution in [2.24, 2.45) is 5.92 Å². The van der Waals surface area contributed by atoms with E-state index in [0.717, 1.165) is 11.8 Å². The van der Waals surface area contributed by atoms with Crippen LogP contribution in [-0.2, 0) is 6.42 Å². The van der Waals surface area contributed by atoms with Crippen molar-refractivity contribution in [2.45, 2.75) is 33.1 Å². The van der Waals surface area contributed by atoms with Gasteiger partial charge in [-0.05, 0) is 42.5 Å². The van der Waals surface area contributed by atoms with Gasteiger partial charge in [-0.1, -0.05) is 45.0 Å². The number of nitrogens with zero attached hydrogens (tertiary/aromatic N) is 1. The van der Waals surface area contributed by atoms with E-state index in [1.54, 1.807) is 11.1 Å². The lowest BCUT2D eigenvalue weighted by Gasteiger charge is -2.25. The van der Waals surface area contributed by atoms with Gasteiger partial charge in [0.05, 0.1) is 0 Å². The normalized spacial score (nSPS) is 23.8. The fourth-order valence-electron chi connectivity index (χ4n) is 2.91. The van der Waals surface area contributed by atoms with Crippen molar-refractivity contribution in [3.8, 4) is 0 Å². The lowest BCUT2D eigenvalue weighted by molar-refractivity contribution is 0.242. The number of benzene rings is 1. The van der Waals surface area contributed by atoms with E-state index in [0.29, 0.717) is 0 Å². The Hall–Kier alpha value is -0.820. The van der Waals surface area contributed by atoms with E-state index in [-0.39, 0.29) is 0 Å². The molecule has 1 nitrogen and oxygen atoms in total. The molecular formula is C15H23N. The summed E-state index contributed by atoms with van der Waals surface area (Å²) in [5.41, 5.74) is 3.16. The van der Waals surface area contributed by atoms with Gasteiger partial charge in [0.1, 0.15) is 0 Å². The summed E-state index contributed by atoms with van der Waals surface area (Å²) in [5, 5.41) is 0. The molecule has 2 rings (SSSR count). The minimum Gasteiger partial charge on any atom is -0.304 e. The predicted molar refractivity (Wildman–Crippen MR) is 69.8 cm³/mol. The maximum Gasteiger partial charge on any atom is 0.00184 e. The minimum absolute atomic E-state index is 0.733. The minimum atomic E-state index is 0.733. The standard InChI is InChI=1S/C15H23N/c1-4-16(5-2)11-14-10-13-8-6-7-9-15(13)12(14)3/h6-9,12,14H,4-5,10-11H2,1-3H3. The molecule has 1 heteroatoms. The molecule has 16 heavy (non-hydrogen) atoms. The van der Waals surface area contributed by atoms with Crippen molar-refractivity contribution in [3.63, 3.8) is 0 Å². The van der Waals surface area contributed by atoms with Crippen LogP contribution in [0, 0.1) is 5.92 Å². The lowest BCUT2D eigenvalue weighted by Crippen LogP contribution is -2.30. The Morgan fingerprint density at radius 2 is 1.88 bits per heavy atom. The zero-order chi connectivity index (χ0) is 11.5. The van der Waals surface area contributed by atoms with Crippen molar-refractivity contribution in [1.29, 1.82) is 0 Å². The Morgan fingerprint density at radius 1 is 1.19 bits per heavy atom. The molecule has 0 amide bonds. The number of hydrogen-bond donors (Lipinski definition) is 0. The van der Waals surface area contributed by atoms with E-state index in [4.69, 9.17) is 0 Å². The highest BCUT2D eigenvalue weighted by Gasteiger charge is 2.29. The van der Waals surface area contributed by atoms with Crippen molar-refractivity contribution in [2.75, 3.05) is 19.6 Å². The van der Waals surface area contributed by atoms with Crippen LogP contribution in [-0.4, -0.2) is 24.5 Å². The summed E-state index contributed by atoms with van der Waals surface area (Å²) in [6.07, 6.45) is 1.27. The molecule has 1 aliphatic carbocycles. The smallest absolute Gasteiger partial charge is 0.00184 e. The molecule has 88 valence electrons. The molecule has 0 saturated heterocycles. The maximum atomic E-state index is 2.55. The van der Waals surface area contributed by atoms with Gasteiger partial charge < -0.3 is 4.90 Å². The summed E-state index contributed by atoms with van der Waals surface area (Å²) in [6.45, 7) is 10.5. The first-order valence-corrected chi connectivity index (χ1v) is 6.56. The molecule has 1 aromatic carbocycles. The summed E-state index contributed by atoms with van der Waals surface area (Å²) in [7, 11) is 0. The molecule has 2 atom stereocenters. The van der Waals surface area contributed by atoms with E-state index >= 15 is 0 Å². The van der Waals surface area contributed by atoms with E-state index in [1.807, 2.05) is 0 Å². The average Bonchev–Trinajstić information content (AvgIpc) is 2.64. The highest BCUT2D eigenvalue weighted by atomic mass is 15.1. The van der Waals surface area contributed by atoms with Crippen molar-refractivity contribution in [1.82, 2.24) is 4.90 Å². The first-order chi connectivity index (χ1) is 7.76. The van der Waals surface area contributed by atoms with E-state index in [1.165, 1.54) is 26.1 Å². The number of rotatable bonds is 4. The summed E-state index contributed by atoms with van der Waals surface area (Å²) in [4.78, 5) is 2.55. The highest BCUT2D eigenvalue weighted by molar-refractivity contribution is 5.35. The van der Waals surface area contributed by atoms with Gasteiger partial charge >= 0.3 is 0 Å². The first kappa shape index (κ1) is 11.7. The Labute approximate surface area is 99.5 Å². The fourth-order valence-corrected chi connectivity index (χ4v) is 2.91. The van der Waals surface area contributed by atoms with Crippen LogP contribution in [0.25, 0.3) is 0 Å². The van der Waals surface area contributed by atoms with Gasteiger partial charge in [0.15, 0.2) is 0 Å². The largest absolute Gasteiger partial charge is 0.304 e. The molecule has 2 unspecified atom stereocenters. The topological polar surface area (TPSA) is 3.24 Å². The van der Waals surface area contributed by atoms with E-state index in [2.05, 4.69) is 49.9 Å². The van der Waals surface area contributed by atoms with Gasteiger partial charge in [0.25, 0.3) is 0 Å². The zero-order valence-corrected chi connectivity index (χ0v) is 10.7. The van der Waals surface area contributed by atoms with Crippen LogP contribution in [0.1, 0.15) is 37.8 Å². The summed E-state index contributed by atoms with van der Waals surface area (Å²) in [6, 6.07) is 8.96. The maximum absolute atomic E-state index is 2.55. The van der Waals surface area contributed by atoms with Gasteiger partial charge in [-0.3, -0.25) is 0 Å². The van der Waals surface area contributed by atoms with Crippen molar-refractivity contribution < 1.29 is 0 Å². The third-order valence-electron chi connectivity index (χ3n) is 4.12. The third-order valence-corrected chi connectivity index (χ3v) is 4.12. The second-order valence-electron chi connectivity index (χ2n) is 4.94. The second kappa shape index (κ2) is 5.01. The quantitative estimate of drug-likeness (QED) is 0.748. The summed E-state index contributed by atoms with van der Waals surface area (Å²) >= 11 is 0. The Balaban J connectivity index is 2.06. The number of fused-ring (bicyclic) bond motifs is 1. The summed E-state index contributed by atoms with van der Waals surface area (Å²) < 4.78 is 0.